The lowest BCUT2D eigenvalue weighted by Crippen LogP contribution is -2.51. The van der Waals surface area contributed by atoms with Gasteiger partial charge in [-0.1, -0.05) is 12.8 Å². The van der Waals surface area contributed by atoms with Gasteiger partial charge in [0.1, 0.15) is 11.4 Å². The minimum absolute atomic E-state index is 0.139. The Bertz CT molecular complexity index is 1030. The number of nitrogens with one attached hydrogen (secondary N) is 1. The highest BCUT2D eigenvalue weighted by molar-refractivity contribution is 5.98. The maximum atomic E-state index is 13.2. The lowest BCUT2D eigenvalue weighted by molar-refractivity contribution is 0.0607. The van der Waals surface area contributed by atoms with Gasteiger partial charge in [0.2, 0.25) is 0 Å². The van der Waals surface area contributed by atoms with E-state index in [9.17, 15) is 24.3 Å². The van der Waals surface area contributed by atoms with E-state index in [0.717, 1.165) is 12.8 Å². The van der Waals surface area contributed by atoms with Crippen molar-refractivity contribution >= 4 is 23.5 Å². The first-order valence-corrected chi connectivity index (χ1v) is 10.2. The van der Waals surface area contributed by atoms with Gasteiger partial charge in [-0.3, -0.25) is 9.48 Å². The minimum atomic E-state index is -1.03. The van der Waals surface area contributed by atoms with Gasteiger partial charge in [0, 0.05) is 18.4 Å². The normalized spacial score (nSPS) is 23.2. The minimum Gasteiger partial charge on any atom is -0.465 e. The highest BCUT2D eigenvalue weighted by Crippen LogP contribution is 2.42. The van der Waals surface area contributed by atoms with Crippen LogP contribution in [0.2, 0.25) is 0 Å². The molecule has 1 saturated carbocycles. The van der Waals surface area contributed by atoms with Gasteiger partial charge < -0.3 is 21.1 Å². The van der Waals surface area contributed by atoms with Crippen LogP contribution in [0.15, 0.2) is 30.5 Å². The fraction of sp³-hybridized carbons (Fsp3) is 0.429. The Balaban J connectivity index is 1.64. The second kappa shape index (κ2) is 8.26. The smallest absolute Gasteiger partial charge is 0.407 e. The lowest BCUT2D eigenvalue weighted by atomic mass is 9.83. The SMILES string of the molecule is N#C[C@@H]1C(CC2CC2)N(C(=O)O)CC[C@H]1n1cc(C(N)=O)c(Nc2ccc(F)cc2)n1. The quantitative estimate of drug-likeness (QED) is 0.649. The molecule has 10 heteroatoms. The number of hydrogen-bond donors (Lipinski definition) is 3. The number of primary amides is 1. The summed E-state index contributed by atoms with van der Waals surface area (Å²) in [6.45, 7) is 0.280. The Morgan fingerprint density at radius 1 is 1.29 bits per heavy atom. The van der Waals surface area contributed by atoms with Gasteiger partial charge in [0.15, 0.2) is 5.82 Å². The van der Waals surface area contributed by atoms with E-state index in [4.69, 9.17) is 5.73 Å². The van der Waals surface area contributed by atoms with Crippen molar-refractivity contribution in [3.63, 3.8) is 0 Å². The third-order valence-electron chi connectivity index (χ3n) is 6.01. The number of aromatic nitrogens is 2. The second-order valence-corrected chi connectivity index (χ2v) is 8.10. The van der Waals surface area contributed by atoms with Crippen LogP contribution >= 0.6 is 0 Å². The third kappa shape index (κ3) is 4.30. The Morgan fingerprint density at radius 2 is 2.00 bits per heavy atom. The Morgan fingerprint density at radius 3 is 2.58 bits per heavy atom. The maximum absolute atomic E-state index is 13.2. The third-order valence-corrected chi connectivity index (χ3v) is 6.01. The molecule has 2 aromatic rings. The summed E-state index contributed by atoms with van der Waals surface area (Å²) in [6.07, 6.45) is 3.60. The topological polar surface area (TPSA) is 137 Å². The summed E-state index contributed by atoms with van der Waals surface area (Å²) < 4.78 is 14.7. The Hall–Kier alpha value is -3.61. The van der Waals surface area contributed by atoms with E-state index in [2.05, 4.69) is 16.5 Å². The van der Waals surface area contributed by atoms with Crippen molar-refractivity contribution in [1.82, 2.24) is 14.7 Å². The number of benzene rings is 1. The lowest BCUT2D eigenvalue weighted by Gasteiger charge is -2.41. The number of hydrogen-bond acceptors (Lipinski definition) is 5. The first-order valence-electron chi connectivity index (χ1n) is 10.2. The van der Waals surface area contributed by atoms with Gasteiger partial charge in [-0.05, 0) is 43.0 Å². The zero-order valence-electron chi connectivity index (χ0n) is 16.7. The van der Waals surface area contributed by atoms with E-state index >= 15 is 0 Å². The van der Waals surface area contributed by atoms with Crippen molar-refractivity contribution in [2.75, 3.05) is 11.9 Å². The highest BCUT2D eigenvalue weighted by atomic mass is 19.1. The van der Waals surface area contributed by atoms with Crippen LogP contribution in [0, 0.1) is 29.0 Å². The molecule has 4 rings (SSSR count). The van der Waals surface area contributed by atoms with Crippen molar-refractivity contribution < 1.29 is 19.1 Å². The molecular formula is C21H23FN6O3. The summed E-state index contributed by atoms with van der Waals surface area (Å²) in [5, 5.41) is 27.0. The van der Waals surface area contributed by atoms with Gasteiger partial charge in [0.25, 0.3) is 5.91 Å². The van der Waals surface area contributed by atoms with E-state index < -0.39 is 35.8 Å². The molecule has 2 aliphatic rings. The molecule has 0 radical (unpaired) electrons. The average Bonchev–Trinajstić information content (AvgIpc) is 3.45. The standard InChI is InChI=1S/C21H23FN6O3/c22-13-3-5-14(6-4-13)25-20-16(19(24)29)11-28(26-20)17-7-8-27(21(30)31)18(15(17)10-23)9-12-1-2-12/h3-6,11-12,15,17-18H,1-2,7-9H2,(H2,24,29)(H,25,26)(H,30,31)/t15-,17+,18?/m0/s1. The van der Waals surface area contributed by atoms with Crippen LogP contribution in [0.25, 0.3) is 0 Å². The first kappa shape index (κ1) is 20.7. The maximum Gasteiger partial charge on any atom is 0.407 e. The number of piperidine rings is 1. The molecule has 1 saturated heterocycles. The summed E-state index contributed by atoms with van der Waals surface area (Å²) in [5.74, 6) is -1.05. The predicted molar refractivity (Wildman–Crippen MR) is 109 cm³/mol. The second-order valence-electron chi connectivity index (χ2n) is 8.10. The molecule has 31 heavy (non-hydrogen) atoms. The Kier molecular flexibility index (Phi) is 5.50. The van der Waals surface area contributed by atoms with Crippen LogP contribution in [0.4, 0.5) is 20.7 Å². The van der Waals surface area contributed by atoms with E-state index in [-0.39, 0.29) is 17.9 Å². The van der Waals surface area contributed by atoms with Gasteiger partial charge in [-0.2, -0.15) is 10.4 Å². The van der Waals surface area contributed by atoms with E-state index in [1.54, 1.807) is 4.68 Å². The largest absolute Gasteiger partial charge is 0.465 e. The number of rotatable bonds is 6. The number of halogens is 1. The predicted octanol–water partition coefficient (Wildman–Crippen LogP) is 3.10. The van der Waals surface area contributed by atoms with Gasteiger partial charge in [0.05, 0.1) is 24.1 Å². The van der Waals surface area contributed by atoms with Gasteiger partial charge >= 0.3 is 6.09 Å². The molecule has 1 aromatic carbocycles. The zero-order valence-corrected chi connectivity index (χ0v) is 16.7. The van der Waals surface area contributed by atoms with E-state index in [1.165, 1.54) is 35.4 Å². The molecular weight excluding hydrogens is 403 g/mol. The summed E-state index contributed by atoms with van der Waals surface area (Å²) in [4.78, 5) is 25.1. The van der Waals surface area contributed by atoms with Gasteiger partial charge in [-0.25, -0.2) is 9.18 Å². The molecule has 2 amide bonds. The molecule has 1 unspecified atom stereocenters. The van der Waals surface area contributed by atoms with Crippen molar-refractivity contribution in [1.29, 1.82) is 5.26 Å². The number of carbonyl (C=O) groups excluding carboxylic acids is 1. The molecule has 3 atom stereocenters. The monoisotopic (exact) mass is 426 g/mol. The van der Waals surface area contributed by atoms with Crippen LogP contribution in [-0.2, 0) is 0 Å². The number of likely N-dealkylation sites (tertiary alicyclic amines) is 1. The van der Waals surface area contributed by atoms with E-state index in [1.807, 2.05) is 0 Å². The molecule has 1 aliphatic carbocycles. The Labute approximate surface area is 178 Å². The van der Waals surface area contributed by atoms with Crippen LogP contribution < -0.4 is 11.1 Å². The van der Waals surface area contributed by atoms with Crippen LogP contribution in [0.3, 0.4) is 0 Å². The fourth-order valence-electron chi connectivity index (χ4n) is 4.25. The number of anilines is 2. The number of nitrogens with zero attached hydrogens (tertiary/aromatic N) is 4. The van der Waals surface area contributed by atoms with Crippen molar-refractivity contribution in [3.05, 3.63) is 41.8 Å². The summed E-state index contributed by atoms with van der Waals surface area (Å²) in [6, 6.07) is 7.04. The highest BCUT2D eigenvalue weighted by Gasteiger charge is 2.44. The first-order chi connectivity index (χ1) is 14.9. The number of amides is 2. The van der Waals surface area contributed by atoms with Crippen LogP contribution in [-0.4, -0.2) is 44.4 Å². The van der Waals surface area contributed by atoms with Crippen molar-refractivity contribution in [3.8, 4) is 6.07 Å². The molecule has 9 nitrogen and oxygen atoms in total. The summed E-state index contributed by atoms with van der Waals surface area (Å²) >= 11 is 0. The van der Waals surface area contributed by atoms with Gasteiger partial charge in [-0.15, -0.1) is 0 Å². The van der Waals surface area contributed by atoms with Crippen LogP contribution in [0.5, 0.6) is 0 Å². The van der Waals surface area contributed by atoms with Crippen LogP contribution in [0.1, 0.15) is 42.1 Å². The molecule has 2 fully saturated rings. The van der Waals surface area contributed by atoms with E-state index in [0.29, 0.717) is 24.4 Å². The molecule has 4 N–H and O–H groups in total. The molecule has 1 aliphatic heterocycles. The molecule has 1 aromatic heterocycles. The summed E-state index contributed by atoms with van der Waals surface area (Å²) in [5.41, 5.74) is 6.19. The van der Waals surface area contributed by atoms with Crippen molar-refractivity contribution in [2.24, 2.45) is 17.6 Å². The number of carboxylic acid groups (broad SMARTS) is 1. The summed E-state index contributed by atoms with van der Waals surface area (Å²) in [7, 11) is 0. The molecule has 0 spiro atoms. The zero-order chi connectivity index (χ0) is 22.1. The molecule has 0 bridgehead atoms. The number of carbonyl (C=O) groups is 2. The van der Waals surface area contributed by atoms with Crippen molar-refractivity contribution in [2.45, 2.75) is 37.8 Å². The number of nitrogens with two attached hydrogens (primary N) is 1. The average molecular weight is 426 g/mol. The molecule has 2 heterocycles. The molecule has 162 valence electrons. The number of nitriles is 1. The fourth-order valence-corrected chi connectivity index (χ4v) is 4.25.